The second-order valence-corrected chi connectivity index (χ2v) is 5.03. The number of para-hydroxylation sites is 1. The Labute approximate surface area is 139 Å². The lowest BCUT2D eigenvalue weighted by Crippen LogP contribution is -2.08. The molecule has 122 valence electrons. The van der Waals surface area contributed by atoms with E-state index in [0.29, 0.717) is 29.5 Å². The fourth-order valence-corrected chi connectivity index (χ4v) is 2.25. The molecule has 0 fully saturated rings. The SMILES string of the molecule is CCOC(=O)c1cnn(-c2cc(Nc3ccccc3)ncn2)c1C. The van der Waals surface area contributed by atoms with Crippen LogP contribution in [0.15, 0.2) is 48.9 Å². The van der Waals surface area contributed by atoms with Gasteiger partial charge in [-0.2, -0.15) is 5.10 Å². The van der Waals surface area contributed by atoms with Gasteiger partial charge in [-0.3, -0.25) is 0 Å². The fraction of sp³-hybridized carbons (Fsp3) is 0.176. The van der Waals surface area contributed by atoms with Crippen LogP contribution < -0.4 is 5.32 Å². The fourth-order valence-electron chi connectivity index (χ4n) is 2.25. The van der Waals surface area contributed by atoms with Gasteiger partial charge in [-0.25, -0.2) is 19.4 Å². The molecule has 0 aliphatic rings. The third-order valence-corrected chi connectivity index (χ3v) is 3.42. The van der Waals surface area contributed by atoms with Gasteiger partial charge in [-0.1, -0.05) is 18.2 Å². The lowest BCUT2D eigenvalue weighted by Gasteiger charge is -2.08. The Morgan fingerprint density at radius 1 is 1.25 bits per heavy atom. The Hall–Kier alpha value is -3.22. The second-order valence-electron chi connectivity index (χ2n) is 5.03. The molecular weight excluding hydrogens is 306 g/mol. The summed E-state index contributed by atoms with van der Waals surface area (Å²) >= 11 is 0. The van der Waals surface area contributed by atoms with Crippen LogP contribution in [-0.4, -0.2) is 32.3 Å². The van der Waals surface area contributed by atoms with E-state index >= 15 is 0 Å². The van der Waals surface area contributed by atoms with Gasteiger partial charge in [0.25, 0.3) is 0 Å². The van der Waals surface area contributed by atoms with Crippen molar-refractivity contribution in [2.75, 3.05) is 11.9 Å². The number of anilines is 2. The van der Waals surface area contributed by atoms with Crippen molar-refractivity contribution in [2.24, 2.45) is 0 Å². The summed E-state index contributed by atoms with van der Waals surface area (Å²) in [7, 11) is 0. The van der Waals surface area contributed by atoms with Crippen molar-refractivity contribution in [3.8, 4) is 5.82 Å². The van der Waals surface area contributed by atoms with Gasteiger partial charge in [-0.15, -0.1) is 0 Å². The standard InChI is InChI=1S/C17H17N5O2/c1-3-24-17(23)14-10-20-22(12(14)2)16-9-15(18-11-19-16)21-13-7-5-4-6-8-13/h4-11H,3H2,1-2H3,(H,18,19,21). The van der Waals surface area contributed by atoms with Crippen molar-refractivity contribution in [1.29, 1.82) is 0 Å². The lowest BCUT2D eigenvalue weighted by atomic mass is 10.2. The molecule has 2 aromatic heterocycles. The van der Waals surface area contributed by atoms with Crippen LogP contribution in [0.4, 0.5) is 11.5 Å². The number of ether oxygens (including phenoxy) is 1. The average Bonchev–Trinajstić information content (AvgIpc) is 2.98. The summed E-state index contributed by atoms with van der Waals surface area (Å²) in [5.74, 6) is 0.813. The number of esters is 1. The van der Waals surface area contributed by atoms with E-state index in [1.807, 2.05) is 30.3 Å². The van der Waals surface area contributed by atoms with Crippen LogP contribution in [0.3, 0.4) is 0 Å². The first kappa shape index (κ1) is 15.7. The first-order valence-corrected chi connectivity index (χ1v) is 7.55. The first-order valence-electron chi connectivity index (χ1n) is 7.55. The van der Waals surface area contributed by atoms with Gasteiger partial charge in [0.15, 0.2) is 5.82 Å². The van der Waals surface area contributed by atoms with E-state index in [0.717, 1.165) is 5.69 Å². The Bertz CT molecular complexity index is 845. The van der Waals surface area contributed by atoms with Crippen LogP contribution in [-0.2, 0) is 4.74 Å². The largest absolute Gasteiger partial charge is 0.462 e. The van der Waals surface area contributed by atoms with Crippen LogP contribution in [0.1, 0.15) is 23.0 Å². The molecule has 0 amide bonds. The zero-order valence-electron chi connectivity index (χ0n) is 13.4. The maximum absolute atomic E-state index is 11.9. The molecule has 0 saturated carbocycles. The topological polar surface area (TPSA) is 81.9 Å². The molecule has 1 aromatic carbocycles. The number of nitrogens with one attached hydrogen (secondary N) is 1. The van der Waals surface area contributed by atoms with E-state index in [1.165, 1.54) is 12.5 Å². The molecule has 0 aliphatic heterocycles. The van der Waals surface area contributed by atoms with E-state index in [2.05, 4.69) is 20.4 Å². The summed E-state index contributed by atoms with van der Waals surface area (Å²) in [6, 6.07) is 11.5. The quantitative estimate of drug-likeness (QED) is 0.727. The zero-order chi connectivity index (χ0) is 16.9. The molecule has 2 heterocycles. The summed E-state index contributed by atoms with van der Waals surface area (Å²) in [4.78, 5) is 20.3. The van der Waals surface area contributed by atoms with Crippen molar-refractivity contribution in [2.45, 2.75) is 13.8 Å². The van der Waals surface area contributed by atoms with Crippen molar-refractivity contribution >= 4 is 17.5 Å². The molecule has 24 heavy (non-hydrogen) atoms. The summed E-state index contributed by atoms with van der Waals surface area (Å²) in [6.07, 6.45) is 2.94. The summed E-state index contributed by atoms with van der Waals surface area (Å²) in [6.45, 7) is 3.89. The predicted octanol–water partition coefficient (Wildman–Crippen LogP) is 2.89. The minimum Gasteiger partial charge on any atom is -0.462 e. The number of carbonyl (C=O) groups excluding carboxylic acids is 1. The van der Waals surface area contributed by atoms with Gasteiger partial charge in [0, 0.05) is 11.8 Å². The van der Waals surface area contributed by atoms with E-state index < -0.39 is 5.97 Å². The number of carbonyl (C=O) groups is 1. The Morgan fingerprint density at radius 2 is 2.04 bits per heavy atom. The molecule has 1 N–H and O–H groups in total. The van der Waals surface area contributed by atoms with E-state index in [9.17, 15) is 4.79 Å². The van der Waals surface area contributed by atoms with Crippen molar-refractivity contribution in [3.63, 3.8) is 0 Å². The molecule has 0 radical (unpaired) electrons. The number of aromatic nitrogens is 4. The van der Waals surface area contributed by atoms with Gasteiger partial charge in [0.1, 0.15) is 17.7 Å². The molecule has 0 aliphatic carbocycles. The molecule has 7 heteroatoms. The third kappa shape index (κ3) is 3.24. The van der Waals surface area contributed by atoms with Gasteiger partial charge in [0.2, 0.25) is 0 Å². The van der Waals surface area contributed by atoms with Crippen LogP contribution in [0.2, 0.25) is 0 Å². The summed E-state index contributed by atoms with van der Waals surface area (Å²) < 4.78 is 6.61. The number of hydrogen-bond donors (Lipinski definition) is 1. The van der Waals surface area contributed by atoms with E-state index in [4.69, 9.17) is 4.74 Å². The van der Waals surface area contributed by atoms with E-state index in [-0.39, 0.29) is 0 Å². The molecule has 0 bridgehead atoms. The van der Waals surface area contributed by atoms with Crippen molar-refractivity contribution < 1.29 is 9.53 Å². The first-order chi connectivity index (χ1) is 11.7. The Balaban J connectivity index is 1.88. The lowest BCUT2D eigenvalue weighted by molar-refractivity contribution is 0.0525. The van der Waals surface area contributed by atoms with Crippen LogP contribution in [0.25, 0.3) is 5.82 Å². The van der Waals surface area contributed by atoms with Gasteiger partial charge in [-0.05, 0) is 26.0 Å². The highest BCUT2D eigenvalue weighted by Crippen LogP contribution is 2.18. The number of nitrogens with zero attached hydrogens (tertiary/aromatic N) is 4. The molecule has 0 unspecified atom stereocenters. The second kappa shape index (κ2) is 6.91. The molecule has 7 nitrogen and oxygen atoms in total. The highest BCUT2D eigenvalue weighted by molar-refractivity contribution is 5.90. The summed E-state index contributed by atoms with van der Waals surface area (Å²) in [5, 5.41) is 7.43. The molecular formula is C17H17N5O2. The van der Waals surface area contributed by atoms with Gasteiger partial charge < -0.3 is 10.1 Å². The van der Waals surface area contributed by atoms with Crippen LogP contribution in [0, 0.1) is 6.92 Å². The molecule has 0 spiro atoms. The average molecular weight is 323 g/mol. The van der Waals surface area contributed by atoms with E-state index in [1.54, 1.807) is 24.6 Å². The van der Waals surface area contributed by atoms with Gasteiger partial charge in [0.05, 0.1) is 18.5 Å². The minimum absolute atomic E-state index is 0.322. The maximum Gasteiger partial charge on any atom is 0.341 e. The van der Waals surface area contributed by atoms with Crippen LogP contribution in [0.5, 0.6) is 0 Å². The minimum atomic E-state index is -0.391. The normalized spacial score (nSPS) is 10.4. The van der Waals surface area contributed by atoms with Crippen molar-refractivity contribution in [3.05, 3.63) is 60.2 Å². The third-order valence-electron chi connectivity index (χ3n) is 3.42. The molecule has 3 aromatic rings. The highest BCUT2D eigenvalue weighted by Gasteiger charge is 2.16. The maximum atomic E-state index is 11.9. The smallest absolute Gasteiger partial charge is 0.341 e. The summed E-state index contributed by atoms with van der Waals surface area (Å²) in [5.41, 5.74) is 2.01. The molecule has 0 atom stereocenters. The predicted molar refractivity (Wildman–Crippen MR) is 89.6 cm³/mol. The van der Waals surface area contributed by atoms with Crippen molar-refractivity contribution in [1.82, 2.24) is 19.7 Å². The van der Waals surface area contributed by atoms with Crippen LogP contribution >= 0.6 is 0 Å². The molecule has 3 rings (SSSR count). The Kier molecular flexibility index (Phi) is 4.51. The number of benzene rings is 1. The number of rotatable bonds is 5. The monoisotopic (exact) mass is 323 g/mol. The highest BCUT2D eigenvalue weighted by atomic mass is 16.5. The zero-order valence-corrected chi connectivity index (χ0v) is 13.4. The molecule has 0 saturated heterocycles. The Morgan fingerprint density at radius 3 is 2.79 bits per heavy atom. The number of hydrogen-bond acceptors (Lipinski definition) is 6. The van der Waals surface area contributed by atoms with Gasteiger partial charge >= 0.3 is 5.97 Å².